The lowest BCUT2D eigenvalue weighted by molar-refractivity contribution is -0.145. The first-order chi connectivity index (χ1) is 13.5. The fourth-order valence-electron chi connectivity index (χ4n) is 2.57. The molecule has 2 rings (SSSR count). The van der Waals surface area contributed by atoms with Crippen LogP contribution in [-0.2, 0) is 20.7 Å². The molecule has 1 unspecified atom stereocenters. The van der Waals surface area contributed by atoms with E-state index in [1.54, 1.807) is 31.2 Å². The summed E-state index contributed by atoms with van der Waals surface area (Å²) in [5, 5.41) is 9.50. The van der Waals surface area contributed by atoms with Crippen molar-refractivity contribution in [1.29, 1.82) is 0 Å². The molecule has 0 heterocycles. The Bertz CT molecular complexity index is 813. The zero-order valence-electron chi connectivity index (χ0n) is 16.0. The number of hydrogen-bond acceptors (Lipinski definition) is 5. The largest absolute Gasteiger partial charge is 0.493 e. The summed E-state index contributed by atoms with van der Waals surface area (Å²) in [4.78, 5) is 23.0. The van der Waals surface area contributed by atoms with Crippen LogP contribution in [0.15, 0.2) is 54.6 Å². The molecular weight excluding hydrogens is 360 g/mol. The van der Waals surface area contributed by atoms with Crippen molar-refractivity contribution >= 4 is 18.0 Å². The third-order valence-corrected chi connectivity index (χ3v) is 3.97. The molecular formula is C22H24O6. The van der Waals surface area contributed by atoms with E-state index in [1.165, 1.54) is 13.2 Å². The molecule has 0 bridgehead atoms. The van der Waals surface area contributed by atoms with Crippen LogP contribution in [0.5, 0.6) is 11.5 Å². The molecule has 2 aromatic rings. The molecule has 0 spiro atoms. The van der Waals surface area contributed by atoms with Gasteiger partial charge < -0.3 is 19.3 Å². The quantitative estimate of drug-likeness (QED) is 0.496. The van der Waals surface area contributed by atoms with Crippen molar-refractivity contribution in [3.05, 3.63) is 65.7 Å². The van der Waals surface area contributed by atoms with Gasteiger partial charge in [-0.25, -0.2) is 9.59 Å². The number of carbonyl (C=O) groups excluding carboxylic acids is 1. The second-order valence-electron chi connectivity index (χ2n) is 5.96. The van der Waals surface area contributed by atoms with E-state index >= 15 is 0 Å². The Balaban J connectivity index is 2.09. The summed E-state index contributed by atoms with van der Waals surface area (Å²) < 4.78 is 15.9. The molecule has 6 heteroatoms. The number of aryl methyl sites for hydroxylation is 1. The van der Waals surface area contributed by atoms with E-state index < -0.39 is 18.0 Å². The second kappa shape index (κ2) is 10.8. The smallest absolute Gasteiger partial charge is 0.344 e. The van der Waals surface area contributed by atoms with Gasteiger partial charge >= 0.3 is 11.9 Å². The highest BCUT2D eigenvalue weighted by Crippen LogP contribution is 2.30. The van der Waals surface area contributed by atoms with Gasteiger partial charge in [0.1, 0.15) is 0 Å². The normalized spacial score (nSPS) is 11.8. The summed E-state index contributed by atoms with van der Waals surface area (Å²) in [6, 6.07) is 14.6. The lowest BCUT2D eigenvalue weighted by Crippen LogP contribution is -2.27. The van der Waals surface area contributed by atoms with Crippen LogP contribution >= 0.6 is 0 Å². The molecule has 0 radical (unpaired) electrons. The Kier molecular flexibility index (Phi) is 8.09. The standard InChI is InChI=1S/C22H24O6/c1-3-27-21(23)14-11-17-10-12-18(20(15-17)26-2)28-19(22(24)25)13-9-16-7-5-4-6-8-16/h4-8,10-12,14-15,19H,3,9,13H2,1-2H3,(H,24,25)/b14-11+. The SMILES string of the molecule is CCOC(=O)/C=C/c1ccc(OC(CCc2ccccc2)C(=O)O)c(OC)c1. The van der Waals surface area contributed by atoms with Gasteiger partial charge in [0, 0.05) is 6.08 Å². The van der Waals surface area contributed by atoms with Crippen LogP contribution in [-0.4, -0.2) is 36.9 Å². The van der Waals surface area contributed by atoms with E-state index in [2.05, 4.69) is 0 Å². The number of carbonyl (C=O) groups is 2. The van der Waals surface area contributed by atoms with E-state index in [4.69, 9.17) is 14.2 Å². The molecule has 0 saturated heterocycles. The van der Waals surface area contributed by atoms with Crippen LogP contribution in [0.4, 0.5) is 0 Å². The molecule has 6 nitrogen and oxygen atoms in total. The summed E-state index contributed by atoms with van der Waals surface area (Å²) >= 11 is 0. The molecule has 28 heavy (non-hydrogen) atoms. The van der Waals surface area contributed by atoms with Crippen LogP contribution < -0.4 is 9.47 Å². The number of carboxylic acid groups (broad SMARTS) is 1. The van der Waals surface area contributed by atoms with Crippen LogP contribution in [0.2, 0.25) is 0 Å². The average molecular weight is 384 g/mol. The first-order valence-corrected chi connectivity index (χ1v) is 8.99. The molecule has 0 saturated carbocycles. The van der Waals surface area contributed by atoms with Crippen molar-refractivity contribution in [3.63, 3.8) is 0 Å². The van der Waals surface area contributed by atoms with Gasteiger partial charge in [-0.2, -0.15) is 0 Å². The molecule has 2 aromatic carbocycles. The fraction of sp³-hybridized carbons (Fsp3) is 0.273. The number of benzene rings is 2. The maximum atomic E-state index is 11.6. The number of methoxy groups -OCH3 is 1. The van der Waals surface area contributed by atoms with Gasteiger partial charge in [-0.3, -0.25) is 0 Å². The minimum absolute atomic E-state index is 0.304. The molecule has 148 valence electrons. The summed E-state index contributed by atoms with van der Waals surface area (Å²) in [5.74, 6) is -0.758. The van der Waals surface area contributed by atoms with Gasteiger partial charge in [-0.1, -0.05) is 36.4 Å². The zero-order valence-corrected chi connectivity index (χ0v) is 16.0. The number of carboxylic acids is 1. The van der Waals surface area contributed by atoms with Gasteiger partial charge in [-0.15, -0.1) is 0 Å². The summed E-state index contributed by atoms with van der Waals surface area (Å²) in [6.07, 6.45) is 2.82. The van der Waals surface area contributed by atoms with Gasteiger partial charge in [0.25, 0.3) is 0 Å². The summed E-state index contributed by atoms with van der Waals surface area (Å²) in [6.45, 7) is 2.04. The summed E-state index contributed by atoms with van der Waals surface area (Å²) in [7, 11) is 1.47. The van der Waals surface area contributed by atoms with Gasteiger partial charge in [0.05, 0.1) is 13.7 Å². The predicted octanol–water partition coefficient (Wildman–Crippen LogP) is 3.74. The highest BCUT2D eigenvalue weighted by atomic mass is 16.5. The van der Waals surface area contributed by atoms with Crippen LogP contribution in [0.1, 0.15) is 24.5 Å². The van der Waals surface area contributed by atoms with E-state index in [9.17, 15) is 14.7 Å². The molecule has 0 fully saturated rings. The van der Waals surface area contributed by atoms with Gasteiger partial charge in [0.2, 0.25) is 0 Å². The summed E-state index contributed by atoms with van der Waals surface area (Å²) in [5.41, 5.74) is 1.75. The van der Waals surface area contributed by atoms with Gasteiger partial charge in [0.15, 0.2) is 17.6 Å². The number of esters is 1. The topological polar surface area (TPSA) is 82.1 Å². The maximum absolute atomic E-state index is 11.6. The Labute approximate surface area is 164 Å². The number of hydrogen-bond donors (Lipinski definition) is 1. The van der Waals surface area contributed by atoms with Crippen molar-refractivity contribution in [2.24, 2.45) is 0 Å². The molecule has 0 aliphatic heterocycles. The number of aliphatic carboxylic acids is 1. The third kappa shape index (κ3) is 6.46. The molecule has 0 aromatic heterocycles. The average Bonchev–Trinajstić information content (AvgIpc) is 2.70. The minimum Gasteiger partial charge on any atom is -0.493 e. The third-order valence-electron chi connectivity index (χ3n) is 3.97. The molecule has 0 aliphatic carbocycles. The van der Waals surface area contributed by atoms with E-state index in [-0.39, 0.29) is 0 Å². The van der Waals surface area contributed by atoms with Crippen molar-refractivity contribution in [2.75, 3.05) is 13.7 Å². The molecule has 0 aliphatic rings. The molecule has 1 atom stereocenters. The lowest BCUT2D eigenvalue weighted by atomic mass is 10.1. The maximum Gasteiger partial charge on any atom is 0.344 e. The highest BCUT2D eigenvalue weighted by Gasteiger charge is 2.21. The van der Waals surface area contributed by atoms with E-state index in [0.29, 0.717) is 36.5 Å². The second-order valence-corrected chi connectivity index (χ2v) is 5.96. The number of rotatable bonds is 10. The van der Waals surface area contributed by atoms with Crippen molar-refractivity contribution < 1.29 is 28.9 Å². The van der Waals surface area contributed by atoms with E-state index in [1.807, 2.05) is 30.3 Å². The molecule has 1 N–H and O–H groups in total. The van der Waals surface area contributed by atoms with Crippen molar-refractivity contribution in [2.45, 2.75) is 25.9 Å². The predicted molar refractivity (Wildman–Crippen MR) is 105 cm³/mol. The Morgan fingerprint density at radius 3 is 2.50 bits per heavy atom. The van der Waals surface area contributed by atoms with Crippen LogP contribution in [0.25, 0.3) is 6.08 Å². The first kappa shape index (κ1) is 21.0. The Hall–Kier alpha value is -3.28. The lowest BCUT2D eigenvalue weighted by Gasteiger charge is -2.17. The monoisotopic (exact) mass is 384 g/mol. The minimum atomic E-state index is -1.04. The first-order valence-electron chi connectivity index (χ1n) is 8.99. The van der Waals surface area contributed by atoms with Crippen molar-refractivity contribution in [3.8, 4) is 11.5 Å². The van der Waals surface area contributed by atoms with E-state index in [0.717, 1.165) is 5.56 Å². The fourth-order valence-corrected chi connectivity index (χ4v) is 2.57. The Morgan fingerprint density at radius 2 is 1.86 bits per heavy atom. The molecule has 0 amide bonds. The van der Waals surface area contributed by atoms with Crippen molar-refractivity contribution in [1.82, 2.24) is 0 Å². The Morgan fingerprint density at radius 1 is 1.11 bits per heavy atom. The van der Waals surface area contributed by atoms with Crippen LogP contribution in [0, 0.1) is 0 Å². The highest BCUT2D eigenvalue weighted by molar-refractivity contribution is 5.87. The van der Waals surface area contributed by atoms with Gasteiger partial charge in [-0.05, 0) is 49.1 Å². The van der Waals surface area contributed by atoms with Crippen LogP contribution in [0.3, 0.4) is 0 Å². The number of ether oxygens (including phenoxy) is 3. The zero-order chi connectivity index (χ0) is 20.4.